The predicted octanol–water partition coefficient (Wildman–Crippen LogP) is 3.98. The van der Waals surface area contributed by atoms with E-state index in [1.54, 1.807) is 6.07 Å². The number of rotatable bonds is 5. The minimum atomic E-state index is -0.490. The van der Waals surface area contributed by atoms with Crippen LogP contribution in [0.3, 0.4) is 0 Å². The Morgan fingerprint density at radius 3 is 2.90 bits per heavy atom. The van der Waals surface area contributed by atoms with Crippen LogP contribution in [0.15, 0.2) is 22.7 Å². The molecule has 2 rings (SSSR count). The van der Waals surface area contributed by atoms with Crippen molar-refractivity contribution in [1.82, 2.24) is 4.90 Å². The van der Waals surface area contributed by atoms with E-state index in [9.17, 15) is 14.9 Å². The Morgan fingerprint density at radius 2 is 2.24 bits per heavy atom. The predicted molar refractivity (Wildman–Crippen MR) is 84.8 cm³/mol. The minimum Gasteiger partial charge on any atom is -0.336 e. The summed E-state index contributed by atoms with van der Waals surface area (Å²) in [6, 6.07) is 4.55. The molecule has 1 fully saturated rings. The number of halogens is 2. The molecular formula is C14H16BrClN2O3. The number of hydrogen-bond donors (Lipinski definition) is 0. The van der Waals surface area contributed by atoms with Crippen molar-refractivity contribution in [2.24, 2.45) is 0 Å². The molecular weight excluding hydrogens is 360 g/mol. The highest BCUT2D eigenvalue weighted by Crippen LogP contribution is 2.27. The molecule has 1 amide bonds. The van der Waals surface area contributed by atoms with Crippen molar-refractivity contribution in [2.75, 3.05) is 12.4 Å². The van der Waals surface area contributed by atoms with E-state index in [1.807, 2.05) is 4.90 Å². The average molecular weight is 376 g/mol. The van der Waals surface area contributed by atoms with Gasteiger partial charge in [-0.15, -0.1) is 11.6 Å². The van der Waals surface area contributed by atoms with E-state index in [-0.39, 0.29) is 17.6 Å². The highest BCUT2D eigenvalue weighted by molar-refractivity contribution is 9.10. The summed E-state index contributed by atoms with van der Waals surface area (Å²) in [5, 5.41) is 10.9. The molecule has 1 heterocycles. The fourth-order valence-electron chi connectivity index (χ4n) is 2.68. The lowest BCUT2D eigenvalue weighted by Gasteiger charge is -2.24. The molecule has 7 heteroatoms. The maximum Gasteiger partial charge on any atom is 0.271 e. The van der Waals surface area contributed by atoms with Crippen LogP contribution in [-0.2, 0) is 0 Å². The molecule has 0 saturated carbocycles. The second-order valence-corrected chi connectivity index (χ2v) is 6.37. The van der Waals surface area contributed by atoms with Crippen molar-refractivity contribution in [1.29, 1.82) is 0 Å². The number of non-ortho nitro benzene ring substituents is 1. The number of amides is 1. The topological polar surface area (TPSA) is 63.4 Å². The molecule has 1 atom stereocenters. The molecule has 5 nitrogen and oxygen atoms in total. The van der Waals surface area contributed by atoms with Gasteiger partial charge in [0.25, 0.3) is 11.6 Å². The van der Waals surface area contributed by atoms with Gasteiger partial charge < -0.3 is 4.90 Å². The summed E-state index contributed by atoms with van der Waals surface area (Å²) in [7, 11) is 0. The lowest BCUT2D eigenvalue weighted by Crippen LogP contribution is -2.35. The van der Waals surface area contributed by atoms with Crippen molar-refractivity contribution < 1.29 is 9.72 Å². The van der Waals surface area contributed by atoms with E-state index >= 15 is 0 Å². The van der Waals surface area contributed by atoms with Crippen LogP contribution in [0.2, 0.25) is 0 Å². The number of nitrogens with zero attached hydrogens (tertiary/aromatic N) is 2. The molecule has 0 bridgehead atoms. The zero-order chi connectivity index (χ0) is 15.4. The van der Waals surface area contributed by atoms with Gasteiger partial charge in [0.1, 0.15) is 0 Å². The number of nitro benzene ring substituents is 1. The Hall–Kier alpha value is -1.14. The van der Waals surface area contributed by atoms with Crippen molar-refractivity contribution in [2.45, 2.75) is 31.7 Å². The first-order chi connectivity index (χ1) is 10.0. The molecule has 0 N–H and O–H groups in total. The standard InChI is InChI=1S/C14H16BrClN2O3/c15-11-7-10(8-13(9-11)18(20)21)14(19)17-6-2-4-12(17)3-1-5-16/h7-9,12H,1-6H2. The summed E-state index contributed by atoms with van der Waals surface area (Å²) in [5.74, 6) is 0.442. The van der Waals surface area contributed by atoms with Crippen LogP contribution in [0.25, 0.3) is 0 Å². The summed E-state index contributed by atoms with van der Waals surface area (Å²) in [6.45, 7) is 0.700. The molecule has 1 unspecified atom stereocenters. The third kappa shape index (κ3) is 3.95. The summed E-state index contributed by atoms with van der Waals surface area (Å²) in [4.78, 5) is 24.8. The van der Waals surface area contributed by atoms with Crippen molar-refractivity contribution in [3.8, 4) is 0 Å². The van der Waals surface area contributed by atoms with E-state index in [0.29, 0.717) is 22.5 Å². The number of carbonyl (C=O) groups is 1. The first kappa shape index (κ1) is 16.2. The van der Waals surface area contributed by atoms with Crippen LogP contribution >= 0.6 is 27.5 Å². The van der Waals surface area contributed by atoms with Gasteiger partial charge in [-0.3, -0.25) is 14.9 Å². The van der Waals surface area contributed by atoms with Gasteiger partial charge in [-0.05, 0) is 31.7 Å². The van der Waals surface area contributed by atoms with Gasteiger partial charge in [-0.25, -0.2) is 0 Å². The van der Waals surface area contributed by atoms with E-state index in [1.165, 1.54) is 12.1 Å². The van der Waals surface area contributed by atoms with E-state index in [4.69, 9.17) is 11.6 Å². The molecule has 1 aliphatic heterocycles. The average Bonchev–Trinajstić information content (AvgIpc) is 2.91. The lowest BCUT2D eigenvalue weighted by atomic mass is 10.1. The second kappa shape index (κ2) is 7.22. The maximum atomic E-state index is 12.6. The molecule has 1 aliphatic rings. The maximum absolute atomic E-state index is 12.6. The highest BCUT2D eigenvalue weighted by atomic mass is 79.9. The van der Waals surface area contributed by atoms with E-state index < -0.39 is 4.92 Å². The molecule has 0 radical (unpaired) electrons. The Kier molecular flexibility index (Phi) is 5.58. The summed E-state index contributed by atoms with van der Waals surface area (Å²) in [5.41, 5.74) is 0.276. The van der Waals surface area contributed by atoms with E-state index in [0.717, 1.165) is 25.7 Å². The molecule has 21 heavy (non-hydrogen) atoms. The summed E-state index contributed by atoms with van der Waals surface area (Å²) in [6.07, 6.45) is 3.69. The fraction of sp³-hybridized carbons (Fsp3) is 0.500. The Balaban J connectivity index is 2.21. The van der Waals surface area contributed by atoms with Gasteiger partial charge in [-0.2, -0.15) is 0 Å². The third-order valence-corrected chi connectivity index (χ3v) is 4.37. The van der Waals surface area contributed by atoms with Crippen LogP contribution in [0, 0.1) is 10.1 Å². The van der Waals surface area contributed by atoms with Crippen molar-refractivity contribution in [3.05, 3.63) is 38.3 Å². The van der Waals surface area contributed by atoms with Gasteiger partial charge in [0.05, 0.1) is 4.92 Å². The van der Waals surface area contributed by atoms with Crippen LogP contribution < -0.4 is 0 Å². The molecule has 1 saturated heterocycles. The number of nitro groups is 1. The van der Waals surface area contributed by atoms with Gasteiger partial charge in [0.15, 0.2) is 0 Å². The lowest BCUT2D eigenvalue weighted by molar-refractivity contribution is -0.385. The van der Waals surface area contributed by atoms with Crippen LogP contribution in [0.4, 0.5) is 5.69 Å². The molecule has 0 aromatic heterocycles. The zero-order valence-electron chi connectivity index (χ0n) is 11.4. The number of alkyl halides is 1. The molecule has 0 aliphatic carbocycles. The van der Waals surface area contributed by atoms with Gasteiger partial charge in [0.2, 0.25) is 0 Å². The highest BCUT2D eigenvalue weighted by Gasteiger charge is 2.29. The SMILES string of the molecule is O=C(c1cc(Br)cc([N+](=O)[O-])c1)N1CCCC1CCCCl. The van der Waals surface area contributed by atoms with Gasteiger partial charge in [0, 0.05) is 40.6 Å². The quantitative estimate of drug-likeness (QED) is 0.444. The van der Waals surface area contributed by atoms with Crippen molar-refractivity contribution >= 4 is 39.1 Å². The second-order valence-electron chi connectivity index (χ2n) is 5.08. The summed E-state index contributed by atoms with van der Waals surface area (Å²) >= 11 is 8.94. The molecule has 1 aromatic rings. The van der Waals surface area contributed by atoms with E-state index in [2.05, 4.69) is 15.9 Å². The Labute approximate surface area is 136 Å². The monoisotopic (exact) mass is 374 g/mol. The first-order valence-corrected chi connectivity index (χ1v) is 8.17. The zero-order valence-corrected chi connectivity index (χ0v) is 13.8. The number of benzene rings is 1. The van der Waals surface area contributed by atoms with Crippen molar-refractivity contribution in [3.63, 3.8) is 0 Å². The van der Waals surface area contributed by atoms with Crippen LogP contribution in [-0.4, -0.2) is 34.2 Å². The number of carbonyl (C=O) groups excluding carboxylic acids is 1. The molecule has 114 valence electrons. The molecule has 1 aromatic carbocycles. The largest absolute Gasteiger partial charge is 0.336 e. The van der Waals surface area contributed by atoms with Gasteiger partial charge >= 0.3 is 0 Å². The number of hydrogen-bond acceptors (Lipinski definition) is 3. The summed E-state index contributed by atoms with van der Waals surface area (Å²) < 4.78 is 0.538. The Bertz CT molecular complexity index is 553. The van der Waals surface area contributed by atoms with Crippen LogP contribution in [0.1, 0.15) is 36.0 Å². The smallest absolute Gasteiger partial charge is 0.271 e. The number of likely N-dealkylation sites (tertiary alicyclic amines) is 1. The third-order valence-electron chi connectivity index (χ3n) is 3.65. The van der Waals surface area contributed by atoms with Gasteiger partial charge in [-0.1, -0.05) is 15.9 Å². The fourth-order valence-corrected chi connectivity index (χ4v) is 3.32. The Morgan fingerprint density at radius 1 is 1.48 bits per heavy atom. The first-order valence-electron chi connectivity index (χ1n) is 6.85. The molecule has 0 spiro atoms. The minimum absolute atomic E-state index is 0.0794. The van der Waals surface area contributed by atoms with Crippen LogP contribution in [0.5, 0.6) is 0 Å². The normalized spacial score (nSPS) is 18.0.